The van der Waals surface area contributed by atoms with Crippen molar-refractivity contribution in [3.05, 3.63) is 40.6 Å². The van der Waals surface area contributed by atoms with Crippen molar-refractivity contribution >= 4 is 11.0 Å². The molecule has 10 atom stereocenters. The van der Waals surface area contributed by atoms with Gasteiger partial charge in [-0.2, -0.15) is 0 Å². The molecule has 5 rings (SSSR count). The van der Waals surface area contributed by atoms with Gasteiger partial charge in [0.05, 0.1) is 13.2 Å². The molecule has 2 aromatic carbocycles. The first-order valence-corrected chi connectivity index (χ1v) is 13.2. The molecular weight excluding hydrogens is 596 g/mol. The fourth-order valence-electron chi connectivity index (χ4n) is 4.89. The van der Waals surface area contributed by atoms with Gasteiger partial charge in [-0.15, -0.1) is 0 Å². The van der Waals surface area contributed by atoms with Crippen molar-refractivity contribution in [2.45, 2.75) is 61.4 Å². The van der Waals surface area contributed by atoms with E-state index in [-0.39, 0.29) is 11.1 Å². The van der Waals surface area contributed by atoms with Crippen molar-refractivity contribution in [2.24, 2.45) is 0 Å². The Labute approximate surface area is 246 Å². The minimum Gasteiger partial charge on any atom is -0.508 e. The summed E-state index contributed by atoms with van der Waals surface area (Å²) in [6, 6.07) is 5.20. The number of ether oxygens (including phenoxy) is 4. The topological polar surface area (TPSA) is 290 Å². The van der Waals surface area contributed by atoms with Gasteiger partial charge in [0.25, 0.3) is 0 Å². The van der Waals surface area contributed by atoms with Crippen LogP contribution in [0.3, 0.4) is 0 Å². The van der Waals surface area contributed by atoms with Gasteiger partial charge in [-0.25, -0.2) is 0 Å². The van der Waals surface area contributed by atoms with Crippen LogP contribution in [-0.2, 0) is 9.47 Å². The lowest BCUT2D eigenvalue weighted by Gasteiger charge is -2.39. The zero-order valence-corrected chi connectivity index (χ0v) is 22.4. The van der Waals surface area contributed by atoms with Crippen LogP contribution in [0.5, 0.6) is 28.7 Å². The van der Waals surface area contributed by atoms with Crippen LogP contribution < -0.4 is 14.9 Å². The van der Waals surface area contributed by atoms with E-state index in [9.17, 15) is 61.0 Å². The Morgan fingerprint density at radius 1 is 0.682 bits per heavy atom. The third-order valence-corrected chi connectivity index (χ3v) is 7.31. The summed E-state index contributed by atoms with van der Waals surface area (Å²) in [7, 11) is 0. The van der Waals surface area contributed by atoms with E-state index in [2.05, 4.69) is 0 Å². The highest BCUT2D eigenvalue weighted by Gasteiger charge is 2.46. The van der Waals surface area contributed by atoms with E-state index >= 15 is 0 Å². The third-order valence-electron chi connectivity index (χ3n) is 7.31. The molecule has 240 valence electrons. The first-order valence-electron chi connectivity index (χ1n) is 13.2. The number of aliphatic hydroxyl groups excluding tert-OH is 8. The lowest BCUT2D eigenvalue weighted by Crippen LogP contribution is -2.60. The molecule has 2 saturated heterocycles. The molecule has 0 amide bonds. The van der Waals surface area contributed by atoms with E-state index in [1.54, 1.807) is 0 Å². The minimum atomic E-state index is -1.95. The molecule has 2 aliphatic heterocycles. The monoisotopic (exact) mass is 626 g/mol. The van der Waals surface area contributed by atoms with Gasteiger partial charge < -0.3 is 79.5 Å². The summed E-state index contributed by atoms with van der Waals surface area (Å²) in [5, 5.41) is 111. The van der Waals surface area contributed by atoms with E-state index in [0.717, 1.165) is 24.3 Å². The van der Waals surface area contributed by atoms with Gasteiger partial charge in [0.15, 0.2) is 17.3 Å². The maximum absolute atomic E-state index is 13.6. The Balaban J connectivity index is 1.60. The number of rotatable bonds is 7. The first kappa shape index (κ1) is 31.7. The van der Waals surface area contributed by atoms with E-state index < -0.39 is 120 Å². The van der Waals surface area contributed by atoms with Crippen LogP contribution in [-0.4, -0.2) is 131 Å². The van der Waals surface area contributed by atoms with Gasteiger partial charge in [-0.3, -0.25) is 4.79 Å². The Bertz CT molecular complexity index is 1550. The standard InChI is InChI=1S/C27H30O17/c28-6-14-17(33)20(36)22(38)26(42-14)41-12-3-8(1-2-10(12)31)24-25(19(35)16-11(32)4-9(30)5-13(16)40-24)44-27-23(39)21(37)18(34)15(7-29)43-27/h1-5,14-15,17-18,20-23,26-34,36-39H,6-7H2/t14-,15+,17-,18-,20+,21-,22-,23-,26-,27+/m1/s1. The molecule has 17 nitrogen and oxygen atoms in total. The third kappa shape index (κ3) is 5.61. The largest absolute Gasteiger partial charge is 0.508 e. The molecular formula is C27H30O17. The zero-order valence-electron chi connectivity index (χ0n) is 22.4. The molecule has 44 heavy (non-hydrogen) atoms. The summed E-state index contributed by atoms with van der Waals surface area (Å²) in [5.74, 6) is -3.34. The average Bonchev–Trinajstić information content (AvgIpc) is 2.99. The van der Waals surface area contributed by atoms with Crippen LogP contribution in [0, 0.1) is 0 Å². The second kappa shape index (κ2) is 12.3. The van der Waals surface area contributed by atoms with Gasteiger partial charge in [-0.1, -0.05) is 0 Å². The lowest BCUT2D eigenvalue weighted by atomic mass is 9.99. The molecule has 2 fully saturated rings. The fourth-order valence-corrected chi connectivity index (χ4v) is 4.89. The fraction of sp³-hybridized carbons (Fsp3) is 0.444. The van der Waals surface area contributed by atoms with Gasteiger partial charge in [0.1, 0.15) is 71.3 Å². The zero-order chi connectivity index (χ0) is 32.0. The van der Waals surface area contributed by atoms with Gasteiger partial charge >= 0.3 is 0 Å². The summed E-state index contributed by atoms with van der Waals surface area (Å²) < 4.78 is 27.6. The molecule has 0 bridgehead atoms. The lowest BCUT2D eigenvalue weighted by molar-refractivity contribution is -0.277. The highest BCUT2D eigenvalue weighted by molar-refractivity contribution is 5.88. The Hall–Kier alpha value is -3.75. The van der Waals surface area contributed by atoms with Crippen LogP contribution in [0.1, 0.15) is 0 Å². The second-order valence-electron chi connectivity index (χ2n) is 10.2. The molecule has 0 unspecified atom stereocenters. The molecule has 0 radical (unpaired) electrons. The number of aromatic hydroxyl groups is 3. The van der Waals surface area contributed by atoms with Crippen LogP contribution in [0.25, 0.3) is 22.3 Å². The summed E-state index contributed by atoms with van der Waals surface area (Å²) in [5.41, 5.74) is -1.49. The van der Waals surface area contributed by atoms with Gasteiger partial charge in [-0.05, 0) is 18.2 Å². The SMILES string of the molecule is O=c1c(O[C@@H]2O[C@@H](CO)[C@@H](O)[C@@H](O)[C@H]2O)c(-c2ccc(O)c(O[C@@H]3O[C@H](CO)[C@@H](O)[C@H](O)[C@H]3O)c2)oc2cc(O)cc(O)c12. The normalized spacial score (nSPS) is 32.5. The molecule has 3 heterocycles. The smallest absolute Gasteiger partial charge is 0.239 e. The number of aliphatic hydroxyl groups is 8. The molecule has 0 spiro atoms. The summed E-state index contributed by atoms with van der Waals surface area (Å²) in [6.07, 6.45) is -17.2. The molecule has 17 heteroatoms. The highest BCUT2D eigenvalue weighted by atomic mass is 16.7. The van der Waals surface area contributed by atoms with Crippen LogP contribution in [0.15, 0.2) is 39.5 Å². The molecule has 3 aromatic rings. The average molecular weight is 627 g/mol. The Kier molecular flexibility index (Phi) is 8.87. The van der Waals surface area contributed by atoms with Crippen molar-refractivity contribution in [2.75, 3.05) is 13.2 Å². The van der Waals surface area contributed by atoms with E-state index in [4.69, 9.17) is 23.4 Å². The Morgan fingerprint density at radius 3 is 1.82 bits per heavy atom. The van der Waals surface area contributed by atoms with Crippen molar-refractivity contribution in [3.63, 3.8) is 0 Å². The minimum absolute atomic E-state index is 0.0937. The maximum atomic E-state index is 13.6. The van der Waals surface area contributed by atoms with Crippen LogP contribution in [0.4, 0.5) is 0 Å². The molecule has 11 N–H and O–H groups in total. The van der Waals surface area contributed by atoms with E-state index in [0.29, 0.717) is 0 Å². The first-order chi connectivity index (χ1) is 20.9. The van der Waals surface area contributed by atoms with Crippen molar-refractivity contribution in [3.8, 4) is 40.1 Å². The molecule has 2 aliphatic rings. The number of hydrogen-bond acceptors (Lipinski definition) is 17. The molecule has 1 aromatic heterocycles. The van der Waals surface area contributed by atoms with Gasteiger partial charge in [0.2, 0.25) is 23.8 Å². The number of phenols is 3. The van der Waals surface area contributed by atoms with Crippen LogP contribution >= 0.6 is 0 Å². The summed E-state index contributed by atoms with van der Waals surface area (Å²) in [6.45, 7) is -1.56. The molecule has 0 aliphatic carbocycles. The predicted octanol–water partition coefficient (Wildman–Crippen LogP) is -3.07. The summed E-state index contributed by atoms with van der Waals surface area (Å²) >= 11 is 0. The Morgan fingerprint density at radius 2 is 1.25 bits per heavy atom. The summed E-state index contributed by atoms with van der Waals surface area (Å²) in [4.78, 5) is 13.6. The predicted molar refractivity (Wildman–Crippen MR) is 142 cm³/mol. The molecule has 0 saturated carbocycles. The van der Waals surface area contributed by atoms with Crippen molar-refractivity contribution in [1.29, 1.82) is 0 Å². The van der Waals surface area contributed by atoms with Crippen molar-refractivity contribution in [1.82, 2.24) is 0 Å². The van der Waals surface area contributed by atoms with E-state index in [1.165, 1.54) is 6.07 Å². The number of fused-ring (bicyclic) bond motifs is 1. The van der Waals surface area contributed by atoms with Crippen molar-refractivity contribution < 1.29 is 79.5 Å². The number of phenolic OH excluding ortho intramolecular Hbond substituents is 3. The highest BCUT2D eigenvalue weighted by Crippen LogP contribution is 2.40. The van der Waals surface area contributed by atoms with E-state index in [1.807, 2.05) is 0 Å². The van der Waals surface area contributed by atoms with Crippen LogP contribution in [0.2, 0.25) is 0 Å². The quantitative estimate of drug-likeness (QED) is 0.124. The van der Waals surface area contributed by atoms with Gasteiger partial charge in [0, 0.05) is 17.7 Å². The maximum Gasteiger partial charge on any atom is 0.239 e. The second-order valence-corrected chi connectivity index (χ2v) is 10.2. The number of benzene rings is 2. The number of hydrogen-bond donors (Lipinski definition) is 11.